The number of fused-ring (bicyclic) bond motifs is 1. The number of aromatic nitrogens is 1. The monoisotopic (exact) mass is 381 g/mol. The highest BCUT2D eigenvalue weighted by molar-refractivity contribution is 6.06. The lowest BCUT2D eigenvalue weighted by Crippen LogP contribution is -2.48. The minimum atomic E-state index is -0.624. The molecular weight excluding hydrogens is 358 g/mol. The molecule has 0 aliphatic rings. The van der Waals surface area contributed by atoms with E-state index in [0.29, 0.717) is 17.7 Å². The highest BCUT2D eigenvalue weighted by Gasteiger charge is 2.22. The van der Waals surface area contributed by atoms with Gasteiger partial charge in [-0.3, -0.25) is 20.2 Å². The van der Waals surface area contributed by atoms with Gasteiger partial charge in [-0.05, 0) is 42.3 Å². The topological polar surface area (TPSA) is 92.5 Å². The third-order valence-corrected chi connectivity index (χ3v) is 4.48. The third-order valence-electron chi connectivity index (χ3n) is 4.48. The first-order valence-electron chi connectivity index (χ1n) is 8.89. The quantitative estimate of drug-likeness (QED) is 0.521. The summed E-state index contributed by atoms with van der Waals surface area (Å²) in [6, 6.07) is 13.8. The second kappa shape index (κ2) is 9.16. The smallest absolute Gasteiger partial charge is 0.257 e. The maximum atomic E-state index is 12.7. The first kappa shape index (κ1) is 19.6. The van der Waals surface area contributed by atoms with Gasteiger partial charge in [0.15, 0.2) is 0 Å². The molecule has 0 aliphatic carbocycles. The van der Waals surface area contributed by atoms with E-state index in [1.165, 1.54) is 7.11 Å². The molecule has 0 bridgehead atoms. The summed E-state index contributed by atoms with van der Waals surface area (Å²) in [6.45, 7) is 0.192. The molecule has 2 aromatic carbocycles. The number of carbonyl (C=O) groups excluding carboxylic acids is 2. The van der Waals surface area contributed by atoms with Crippen molar-refractivity contribution in [1.29, 1.82) is 0 Å². The fourth-order valence-electron chi connectivity index (χ4n) is 2.98. The summed E-state index contributed by atoms with van der Waals surface area (Å²) in [7, 11) is 3.09. The number of H-pyrrole nitrogens is 1. The van der Waals surface area contributed by atoms with E-state index in [2.05, 4.69) is 15.6 Å². The number of amides is 2. The van der Waals surface area contributed by atoms with Crippen LogP contribution in [-0.2, 0) is 16.0 Å². The Labute approximate surface area is 163 Å². The zero-order chi connectivity index (χ0) is 19.9. The molecule has 3 aromatic rings. The molecule has 28 heavy (non-hydrogen) atoms. The Hall–Kier alpha value is -3.16. The fraction of sp³-hybridized carbons (Fsp3) is 0.238. The Morgan fingerprint density at radius 2 is 1.82 bits per heavy atom. The van der Waals surface area contributed by atoms with Crippen LogP contribution in [0.25, 0.3) is 10.9 Å². The normalized spacial score (nSPS) is 11.9. The van der Waals surface area contributed by atoms with Gasteiger partial charge >= 0.3 is 0 Å². The van der Waals surface area contributed by atoms with Crippen molar-refractivity contribution in [1.82, 2.24) is 15.6 Å². The largest absolute Gasteiger partial charge is 0.497 e. The van der Waals surface area contributed by atoms with Gasteiger partial charge in [0, 0.05) is 29.8 Å². The molecule has 0 unspecified atom stereocenters. The summed E-state index contributed by atoms with van der Waals surface area (Å²) in [5.74, 6) is -0.235. The number of rotatable bonds is 8. The van der Waals surface area contributed by atoms with Crippen molar-refractivity contribution in [3.63, 3.8) is 0 Å². The number of imide groups is 1. The Morgan fingerprint density at radius 3 is 2.54 bits per heavy atom. The van der Waals surface area contributed by atoms with E-state index in [0.717, 1.165) is 16.5 Å². The standard InChI is InChI=1S/C21H23N3O4/c1-27-13-23-19(11-15-12-22-18-6-4-3-5-17(15)18)21(26)24-20(25)14-7-9-16(28-2)10-8-14/h3-10,12,19,22-23H,11,13H2,1-2H3,(H,24,25,26)/t19-/m0/s1. The highest BCUT2D eigenvalue weighted by Crippen LogP contribution is 2.19. The molecule has 3 N–H and O–H groups in total. The van der Waals surface area contributed by atoms with Crippen LogP contribution in [0.2, 0.25) is 0 Å². The lowest BCUT2D eigenvalue weighted by atomic mass is 10.0. The van der Waals surface area contributed by atoms with E-state index < -0.39 is 17.9 Å². The highest BCUT2D eigenvalue weighted by atomic mass is 16.5. The van der Waals surface area contributed by atoms with Gasteiger partial charge in [0.1, 0.15) is 5.75 Å². The number of benzene rings is 2. The minimum Gasteiger partial charge on any atom is -0.497 e. The van der Waals surface area contributed by atoms with Gasteiger partial charge < -0.3 is 14.5 Å². The average molecular weight is 381 g/mol. The van der Waals surface area contributed by atoms with Gasteiger partial charge in [-0.2, -0.15) is 0 Å². The van der Waals surface area contributed by atoms with Crippen LogP contribution in [0.3, 0.4) is 0 Å². The van der Waals surface area contributed by atoms with Crippen LogP contribution in [0.15, 0.2) is 54.7 Å². The fourth-order valence-corrected chi connectivity index (χ4v) is 2.98. The van der Waals surface area contributed by atoms with Crippen molar-refractivity contribution in [2.75, 3.05) is 21.0 Å². The number of hydrogen-bond acceptors (Lipinski definition) is 5. The number of carbonyl (C=O) groups is 2. The average Bonchev–Trinajstić information content (AvgIpc) is 3.14. The van der Waals surface area contributed by atoms with Crippen LogP contribution >= 0.6 is 0 Å². The third kappa shape index (κ3) is 4.57. The number of aromatic amines is 1. The molecule has 0 saturated carbocycles. The molecule has 7 heteroatoms. The zero-order valence-corrected chi connectivity index (χ0v) is 15.8. The molecule has 7 nitrogen and oxygen atoms in total. The summed E-state index contributed by atoms with van der Waals surface area (Å²) >= 11 is 0. The van der Waals surface area contributed by atoms with Crippen molar-refractivity contribution < 1.29 is 19.1 Å². The van der Waals surface area contributed by atoms with E-state index >= 15 is 0 Å². The number of nitrogens with one attached hydrogen (secondary N) is 3. The van der Waals surface area contributed by atoms with Gasteiger partial charge in [-0.15, -0.1) is 0 Å². The summed E-state index contributed by atoms with van der Waals surface area (Å²) < 4.78 is 10.1. The number of ether oxygens (including phenoxy) is 2. The molecule has 1 heterocycles. The van der Waals surface area contributed by atoms with Crippen LogP contribution in [0, 0.1) is 0 Å². The van der Waals surface area contributed by atoms with Gasteiger partial charge in [-0.25, -0.2) is 0 Å². The molecule has 1 atom stereocenters. The van der Waals surface area contributed by atoms with Crippen LogP contribution in [0.1, 0.15) is 15.9 Å². The maximum Gasteiger partial charge on any atom is 0.257 e. The Bertz CT molecular complexity index is 950. The zero-order valence-electron chi connectivity index (χ0n) is 15.8. The van der Waals surface area contributed by atoms with E-state index in [1.807, 2.05) is 30.5 Å². The number of methoxy groups -OCH3 is 2. The Morgan fingerprint density at radius 1 is 1.07 bits per heavy atom. The lowest BCUT2D eigenvalue weighted by Gasteiger charge is -2.17. The lowest BCUT2D eigenvalue weighted by molar-refractivity contribution is -0.122. The van der Waals surface area contributed by atoms with E-state index in [1.54, 1.807) is 31.4 Å². The SMILES string of the molecule is COCN[C@@H](Cc1c[nH]c2ccccc12)C(=O)NC(=O)c1ccc(OC)cc1. The maximum absolute atomic E-state index is 12.7. The van der Waals surface area contributed by atoms with Crippen LogP contribution in [-0.4, -0.2) is 43.8 Å². The van der Waals surface area contributed by atoms with Crippen LogP contribution in [0.4, 0.5) is 0 Å². The number of para-hydroxylation sites is 1. The Balaban J connectivity index is 1.72. The van der Waals surface area contributed by atoms with Crippen LogP contribution < -0.4 is 15.4 Å². The predicted molar refractivity (Wildman–Crippen MR) is 106 cm³/mol. The van der Waals surface area contributed by atoms with Crippen molar-refractivity contribution in [2.45, 2.75) is 12.5 Å². The van der Waals surface area contributed by atoms with Crippen LogP contribution in [0.5, 0.6) is 5.75 Å². The first-order chi connectivity index (χ1) is 13.6. The molecule has 2 amide bonds. The molecule has 146 valence electrons. The second-order valence-corrected chi connectivity index (χ2v) is 6.30. The summed E-state index contributed by atoms with van der Waals surface area (Å²) in [5, 5.41) is 6.53. The van der Waals surface area contributed by atoms with E-state index in [-0.39, 0.29) is 6.73 Å². The van der Waals surface area contributed by atoms with Crippen molar-refractivity contribution in [2.24, 2.45) is 0 Å². The molecule has 0 spiro atoms. The summed E-state index contributed by atoms with van der Waals surface area (Å²) in [5.41, 5.74) is 2.36. The first-order valence-corrected chi connectivity index (χ1v) is 8.89. The van der Waals surface area contributed by atoms with Gasteiger partial charge in [0.2, 0.25) is 5.91 Å². The minimum absolute atomic E-state index is 0.192. The molecule has 0 fully saturated rings. The predicted octanol–water partition coefficient (Wildman–Crippen LogP) is 2.24. The van der Waals surface area contributed by atoms with Gasteiger partial charge in [-0.1, -0.05) is 18.2 Å². The van der Waals surface area contributed by atoms with Gasteiger partial charge in [0.05, 0.1) is 19.9 Å². The second-order valence-electron chi connectivity index (χ2n) is 6.30. The molecule has 3 rings (SSSR count). The van der Waals surface area contributed by atoms with E-state index in [4.69, 9.17) is 9.47 Å². The van der Waals surface area contributed by atoms with Crippen molar-refractivity contribution >= 4 is 22.7 Å². The molecule has 1 aromatic heterocycles. The Kier molecular flexibility index (Phi) is 6.41. The molecule has 0 aliphatic heterocycles. The van der Waals surface area contributed by atoms with Crippen molar-refractivity contribution in [3.8, 4) is 5.75 Å². The molecule has 0 saturated heterocycles. The number of hydrogen-bond donors (Lipinski definition) is 3. The van der Waals surface area contributed by atoms with Crippen molar-refractivity contribution in [3.05, 3.63) is 65.9 Å². The molecule has 0 radical (unpaired) electrons. The molecular formula is C21H23N3O4. The van der Waals surface area contributed by atoms with Gasteiger partial charge in [0.25, 0.3) is 5.91 Å². The summed E-state index contributed by atoms with van der Waals surface area (Å²) in [6.07, 6.45) is 2.29. The summed E-state index contributed by atoms with van der Waals surface area (Å²) in [4.78, 5) is 28.3. The van der Waals surface area contributed by atoms with E-state index in [9.17, 15) is 9.59 Å².